The summed E-state index contributed by atoms with van der Waals surface area (Å²) in [5, 5.41) is 86.0. The number of hydrogen-bond acceptors (Lipinski definition) is 13. The van der Waals surface area contributed by atoms with Crippen LogP contribution in [0.1, 0.15) is 136 Å². The van der Waals surface area contributed by atoms with Gasteiger partial charge in [0.05, 0.1) is 32.0 Å². The lowest BCUT2D eigenvalue weighted by atomic mass is 9.97. The van der Waals surface area contributed by atoms with Crippen LogP contribution in [0.4, 0.5) is 0 Å². The normalized spacial score (nSPS) is 30.5. The van der Waals surface area contributed by atoms with Crippen LogP contribution in [0.5, 0.6) is 0 Å². The topological polar surface area (TPSA) is 228 Å². The van der Waals surface area contributed by atoms with Gasteiger partial charge in [-0.1, -0.05) is 122 Å². The third kappa shape index (κ3) is 17.6. The first kappa shape index (κ1) is 47.9. The number of aliphatic hydroxyl groups excluding tert-OH is 8. The molecule has 2 fully saturated rings. The summed E-state index contributed by atoms with van der Waals surface area (Å²) in [5.74, 6) is -0.247. The number of rotatable bonds is 29. The number of ether oxygens (including phenoxy) is 4. The first-order chi connectivity index (χ1) is 25.6. The fraction of sp³-hybridized carbons (Fsp3) is 0.923. The molecule has 0 bridgehead atoms. The number of nitrogens with one attached hydrogen (secondary N) is 1. The molecule has 9 N–H and O–H groups in total. The van der Waals surface area contributed by atoms with E-state index in [1.54, 1.807) is 6.08 Å². The Bertz CT molecular complexity index is 956. The molecule has 0 spiro atoms. The predicted octanol–water partition coefficient (Wildman–Crippen LogP) is 2.48. The van der Waals surface area contributed by atoms with E-state index in [1.165, 1.54) is 70.6 Å². The zero-order valence-electron chi connectivity index (χ0n) is 32.3. The van der Waals surface area contributed by atoms with Crippen LogP contribution >= 0.6 is 0 Å². The molecule has 2 heterocycles. The Morgan fingerprint density at radius 3 is 1.74 bits per heavy atom. The van der Waals surface area contributed by atoms with Crippen molar-refractivity contribution < 1.29 is 64.6 Å². The first-order valence-corrected chi connectivity index (χ1v) is 20.4. The number of amides is 1. The maximum Gasteiger partial charge on any atom is 0.220 e. The number of allylic oxidation sites excluding steroid dienone is 1. The summed E-state index contributed by atoms with van der Waals surface area (Å²) in [5.41, 5.74) is 0. The number of hydrogen-bond donors (Lipinski definition) is 9. The van der Waals surface area contributed by atoms with Crippen LogP contribution in [-0.2, 0) is 23.7 Å². The van der Waals surface area contributed by atoms with Crippen molar-refractivity contribution in [3.63, 3.8) is 0 Å². The van der Waals surface area contributed by atoms with Gasteiger partial charge in [-0.2, -0.15) is 0 Å². The second kappa shape index (κ2) is 28.2. The van der Waals surface area contributed by atoms with Crippen LogP contribution in [-0.4, -0.2) is 140 Å². The maximum atomic E-state index is 13.0. The summed E-state index contributed by atoms with van der Waals surface area (Å²) in [4.78, 5) is 13.0. The second-order valence-corrected chi connectivity index (χ2v) is 14.8. The van der Waals surface area contributed by atoms with E-state index in [-0.39, 0.29) is 18.9 Å². The average molecular weight is 764 g/mol. The summed E-state index contributed by atoms with van der Waals surface area (Å²) < 4.78 is 22.5. The lowest BCUT2D eigenvalue weighted by molar-refractivity contribution is -0.359. The molecule has 12 atom stereocenters. The molecule has 0 saturated carbocycles. The molecule has 0 radical (unpaired) electrons. The average Bonchev–Trinajstić information content (AvgIpc) is 3.15. The van der Waals surface area contributed by atoms with Gasteiger partial charge in [-0.05, 0) is 19.3 Å². The van der Waals surface area contributed by atoms with Crippen LogP contribution in [0.2, 0.25) is 0 Å². The van der Waals surface area contributed by atoms with Gasteiger partial charge in [0.2, 0.25) is 5.91 Å². The number of unbranched alkanes of at least 4 members (excludes halogenated alkanes) is 16. The van der Waals surface area contributed by atoms with E-state index in [2.05, 4.69) is 19.2 Å². The summed E-state index contributed by atoms with van der Waals surface area (Å²) in [7, 11) is 0. The number of carbonyl (C=O) groups is 1. The van der Waals surface area contributed by atoms with E-state index in [9.17, 15) is 45.6 Å². The Morgan fingerprint density at radius 2 is 1.17 bits per heavy atom. The lowest BCUT2D eigenvalue weighted by Crippen LogP contribution is -2.65. The van der Waals surface area contributed by atoms with Crippen LogP contribution in [0.3, 0.4) is 0 Å². The lowest BCUT2D eigenvalue weighted by Gasteiger charge is -2.46. The van der Waals surface area contributed by atoms with E-state index in [0.29, 0.717) is 6.42 Å². The Labute approximate surface area is 316 Å². The van der Waals surface area contributed by atoms with Crippen molar-refractivity contribution in [2.24, 2.45) is 0 Å². The fourth-order valence-corrected chi connectivity index (χ4v) is 6.76. The molecule has 2 aliphatic rings. The summed E-state index contributed by atoms with van der Waals surface area (Å²) in [6.07, 6.45) is 7.14. The van der Waals surface area contributed by atoms with Gasteiger partial charge in [0.15, 0.2) is 12.6 Å². The molecule has 4 unspecified atom stereocenters. The van der Waals surface area contributed by atoms with Gasteiger partial charge in [0.1, 0.15) is 48.8 Å². The highest BCUT2D eigenvalue weighted by Crippen LogP contribution is 2.29. The third-order valence-corrected chi connectivity index (χ3v) is 10.2. The zero-order valence-corrected chi connectivity index (χ0v) is 32.3. The van der Waals surface area contributed by atoms with Crippen LogP contribution in [0.15, 0.2) is 12.2 Å². The fourth-order valence-electron chi connectivity index (χ4n) is 6.76. The summed E-state index contributed by atoms with van der Waals surface area (Å²) >= 11 is 0. The van der Waals surface area contributed by atoms with Crippen molar-refractivity contribution in [1.82, 2.24) is 5.32 Å². The van der Waals surface area contributed by atoms with E-state index >= 15 is 0 Å². The van der Waals surface area contributed by atoms with Crippen molar-refractivity contribution >= 4 is 5.91 Å². The quantitative estimate of drug-likeness (QED) is 0.0395. The van der Waals surface area contributed by atoms with Crippen LogP contribution < -0.4 is 5.32 Å². The minimum Gasteiger partial charge on any atom is -0.394 e. The molecule has 2 aliphatic heterocycles. The smallest absolute Gasteiger partial charge is 0.220 e. The highest BCUT2D eigenvalue weighted by atomic mass is 16.7. The molecule has 1 amide bonds. The summed E-state index contributed by atoms with van der Waals surface area (Å²) in [6, 6.07) is -0.903. The van der Waals surface area contributed by atoms with Gasteiger partial charge in [0, 0.05) is 6.42 Å². The van der Waals surface area contributed by atoms with Gasteiger partial charge < -0.3 is 65.1 Å². The van der Waals surface area contributed by atoms with Gasteiger partial charge in [0.25, 0.3) is 0 Å². The molecule has 2 saturated heterocycles. The Balaban J connectivity index is 1.96. The van der Waals surface area contributed by atoms with Crippen molar-refractivity contribution in [1.29, 1.82) is 0 Å². The minimum absolute atomic E-state index is 0.247. The predicted molar refractivity (Wildman–Crippen MR) is 199 cm³/mol. The molecule has 14 nitrogen and oxygen atoms in total. The van der Waals surface area contributed by atoms with E-state index in [1.807, 2.05) is 6.08 Å². The maximum absolute atomic E-state index is 13.0. The van der Waals surface area contributed by atoms with Gasteiger partial charge in [-0.3, -0.25) is 4.79 Å². The van der Waals surface area contributed by atoms with Crippen LogP contribution in [0.25, 0.3) is 0 Å². The standard InChI is InChI=1S/C39H73NO13/c1-3-5-7-9-11-13-15-16-18-20-22-28(43)27(40-31(44)23-21-19-17-14-12-10-8-6-4-2)26-50-38-36(49)34(47)37(30(25-42)52-38)53-39-35(48)33(46)32(45)29(24-41)51-39/h20,22,27-30,32-39,41-43,45-49H,3-19,21,23-26H2,1-2H3,(H,40,44)/b22-20+/t27-,28+,29+,30+,32-,33?,34?,35?,36?,37+,38+,39-/m0/s1. The van der Waals surface area contributed by atoms with E-state index in [4.69, 9.17) is 18.9 Å². The molecule has 2 rings (SSSR count). The third-order valence-electron chi connectivity index (χ3n) is 10.2. The Kier molecular flexibility index (Phi) is 25.5. The van der Waals surface area contributed by atoms with Crippen LogP contribution in [0, 0.1) is 0 Å². The van der Waals surface area contributed by atoms with Gasteiger partial charge in [-0.25, -0.2) is 0 Å². The first-order valence-electron chi connectivity index (χ1n) is 20.4. The highest BCUT2D eigenvalue weighted by molar-refractivity contribution is 5.76. The van der Waals surface area contributed by atoms with E-state index in [0.717, 1.165) is 38.5 Å². The molecule has 53 heavy (non-hydrogen) atoms. The highest BCUT2D eigenvalue weighted by Gasteiger charge is 2.50. The second-order valence-electron chi connectivity index (χ2n) is 14.8. The van der Waals surface area contributed by atoms with E-state index < -0.39 is 86.8 Å². The largest absolute Gasteiger partial charge is 0.394 e. The molecule has 0 aromatic rings. The molecule has 312 valence electrons. The molecule has 0 aromatic heterocycles. The Morgan fingerprint density at radius 1 is 0.660 bits per heavy atom. The summed E-state index contributed by atoms with van der Waals surface area (Å²) in [6.45, 7) is 2.69. The number of aliphatic hydroxyl groups is 8. The van der Waals surface area contributed by atoms with Crippen molar-refractivity contribution in [2.75, 3.05) is 19.8 Å². The molecular weight excluding hydrogens is 690 g/mol. The van der Waals surface area contributed by atoms with Crippen molar-refractivity contribution in [3.8, 4) is 0 Å². The molecular formula is C39H73NO13. The number of carbonyl (C=O) groups excluding carboxylic acids is 1. The SMILES string of the molecule is CCCCCCCCCC/C=C/[C@@H](O)[C@H](CO[C@@H]1O[C@H](CO)[C@@H](O[C@@H]2O[C@H](CO)[C@H](O)C(O)C2O)C(O)C1O)NC(=O)CCCCCCCCCCC. The van der Waals surface area contributed by atoms with Crippen molar-refractivity contribution in [2.45, 2.75) is 209 Å². The minimum atomic E-state index is -1.78. The van der Waals surface area contributed by atoms with Gasteiger partial charge >= 0.3 is 0 Å². The Hall–Kier alpha value is -1.27. The zero-order chi connectivity index (χ0) is 39.0. The molecule has 0 aliphatic carbocycles. The molecule has 0 aromatic carbocycles. The van der Waals surface area contributed by atoms with Gasteiger partial charge in [-0.15, -0.1) is 0 Å². The monoisotopic (exact) mass is 764 g/mol. The van der Waals surface area contributed by atoms with Crippen molar-refractivity contribution in [3.05, 3.63) is 12.2 Å². The molecule has 14 heteroatoms.